The standard InChI is InChI=1S/C14H22N2O/c1-10-6-7-16(11(2)8-10)13-4-5-14(12(3)17)15-9-13/h4-5,9-12,17H,6-8H2,1-3H3/t10?,11?,12-/m1/s1. The van der Waals surface area contributed by atoms with E-state index in [-0.39, 0.29) is 0 Å². The van der Waals surface area contributed by atoms with Gasteiger partial charge in [-0.25, -0.2) is 0 Å². The van der Waals surface area contributed by atoms with Gasteiger partial charge >= 0.3 is 0 Å². The highest BCUT2D eigenvalue weighted by Crippen LogP contribution is 2.27. The smallest absolute Gasteiger partial charge is 0.0931 e. The molecule has 17 heavy (non-hydrogen) atoms. The van der Waals surface area contributed by atoms with Gasteiger partial charge in [0.2, 0.25) is 0 Å². The topological polar surface area (TPSA) is 36.4 Å². The van der Waals surface area contributed by atoms with Crippen LogP contribution in [0.25, 0.3) is 0 Å². The molecule has 0 aliphatic carbocycles. The second-order valence-electron chi connectivity index (χ2n) is 5.29. The Labute approximate surface area is 103 Å². The molecule has 2 heterocycles. The van der Waals surface area contributed by atoms with Crippen LogP contribution in [0.1, 0.15) is 45.4 Å². The first-order chi connectivity index (χ1) is 8.08. The van der Waals surface area contributed by atoms with Crippen molar-refractivity contribution in [3.05, 3.63) is 24.0 Å². The largest absolute Gasteiger partial charge is 0.387 e. The molecule has 3 nitrogen and oxygen atoms in total. The zero-order chi connectivity index (χ0) is 12.4. The summed E-state index contributed by atoms with van der Waals surface area (Å²) in [5.74, 6) is 0.825. The molecule has 0 radical (unpaired) electrons. The fourth-order valence-corrected chi connectivity index (χ4v) is 2.61. The zero-order valence-corrected chi connectivity index (χ0v) is 10.9. The average molecular weight is 234 g/mol. The molecule has 1 aromatic heterocycles. The van der Waals surface area contributed by atoms with E-state index in [1.807, 2.05) is 12.3 Å². The predicted molar refractivity (Wildman–Crippen MR) is 70.1 cm³/mol. The van der Waals surface area contributed by atoms with E-state index in [9.17, 15) is 5.11 Å². The summed E-state index contributed by atoms with van der Waals surface area (Å²) in [7, 11) is 0. The maximum Gasteiger partial charge on any atom is 0.0931 e. The average Bonchev–Trinajstić information content (AvgIpc) is 2.29. The fourth-order valence-electron chi connectivity index (χ4n) is 2.61. The molecule has 3 heteroatoms. The van der Waals surface area contributed by atoms with Crippen molar-refractivity contribution in [1.82, 2.24) is 4.98 Å². The van der Waals surface area contributed by atoms with Gasteiger partial charge in [-0.15, -0.1) is 0 Å². The van der Waals surface area contributed by atoms with Gasteiger partial charge in [-0.1, -0.05) is 6.92 Å². The molecule has 0 bridgehead atoms. The number of anilines is 1. The summed E-state index contributed by atoms with van der Waals surface area (Å²) >= 11 is 0. The van der Waals surface area contributed by atoms with Crippen LogP contribution in [0.5, 0.6) is 0 Å². The van der Waals surface area contributed by atoms with Gasteiger partial charge in [-0.3, -0.25) is 4.98 Å². The second-order valence-corrected chi connectivity index (χ2v) is 5.29. The second kappa shape index (κ2) is 5.05. The Kier molecular flexibility index (Phi) is 3.67. The van der Waals surface area contributed by atoms with Crippen molar-refractivity contribution in [2.45, 2.75) is 45.8 Å². The molecular formula is C14H22N2O. The van der Waals surface area contributed by atoms with E-state index in [4.69, 9.17) is 0 Å². The van der Waals surface area contributed by atoms with Crippen LogP contribution in [0.4, 0.5) is 5.69 Å². The summed E-state index contributed by atoms with van der Waals surface area (Å²) in [6.45, 7) is 7.45. The molecular weight excluding hydrogens is 212 g/mol. The number of rotatable bonds is 2. The van der Waals surface area contributed by atoms with Gasteiger partial charge in [0.1, 0.15) is 0 Å². The molecule has 2 rings (SSSR count). The lowest BCUT2D eigenvalue weighted by atomic mass is 9.93. The lowest BCUT2D eigenvalue weighted by molar-refractivity contribution is 0.194. The Morgan fingerprint density at radius 1 is 1.41 bits per heavy atom. The third-order valence-corrected chi connectivity index (χ3v) is 3.67. The lowest BCUT2D eigenvalue weighted by Crippen LogP contribution is -2.40. The number of pyridine rings is 1. The van der Waals surface area contributed by atoms with E-state index in [1.165, 1.54) is 18.5 Å². The highest BCUT2D eigenvalue weighted by molar-refractivity contribution is 5.46. The van der Waals surface area contributed by atoms with Gasteiger partial charge in [0.05, 0.1) is 23.7 Å². The highest BCUT2D eigenvalue weighted by Gasteiger charge is 2.23. The molecule has 1 N–H and O–H groups in total. The third kappa shape index (κ3) is 2.78. The molecule has 3 atom stereocenters. The number of hydrogen-bond donors (Lipinski definition) is 1. The maximum absolute atomic E-state index is 9.44. The summed E-state index contributed by atoms with van der Waals surface area (Å²) in [6, 6.07) is 4.57. The molecule has 1 aliphatic rings. The van der Waals surface area contributed by atoms with Gasteiger partial charge in [0.15, 0.2) is 0 Å². The van der Waals surface area contributed by atoms with E-state index >= 15 is 0 Å². The third-order valence-electron chi connectivity index (χ3n) is 3.67. The van der Waals surface area contributed by atoms with Crippen molar-refractivity contribution in [2.75, 3.05) is 11.4 Å². The maximum atomic E-state index is 9.44. The predicted octanol–water partition coefficient (Wildman–Crippen LogP) is 2.76. The molecule has 1 fully saturated rings. The van der Waals surface area contributed by atoms with E-state index in [2.05, 4.69) is 29.8 Å². The van der Waals surface area contributed by atoms with Crippen molar-refractivity contribution in [2.24, 2.45) is 5.92 Å². The van der Waals surface area contributed by atoms with Gasteiger partial charge in [0, 0.05) is 12.6 Å². The zero-order valence-electron chi connectivity index (χ0n) is 10.9. The number of aromatic nitrogens is 1. The Morgan fingerprint density at radius 2 is 2.18 bits per heavy atom. The lowest BCUT2D eigenvalue weighted by Gasteiger charge is -2.38. The van der Waals surface area contributed by atoms with Gasteiger partial charge in [-0.2, -0.15) is 0 Å². The molecule has 94 valence electrons. The van der Waals surface area contributed by atoms with Crippen molar-refractivity contribution >= 4 is 5.69 Å². The minimum Gasteiger partial charge on any atom is -0.387 e. The summed E-state index contributed by atoms with van der Waals surface area (Å²) < 4.78 is 0. The highest BCUT2D eigenvalue weighted by atomic mass is 16.3. The normalized spacial score (nSPS) is 26.9. The quantitative estimate of drug-likeness (QED) is 0.854. The van der Waals surface area contributed by atoms with Crippen LogP contribution in [0.2, 0.25) is 0 Å². The first-order valence-electron chi connectivity index (χ1n) is 6.48. The number of nitrogens with zero attached hydrogens (tertiary/aromatic N) is 2. The minimum atomic E-state index is -0.483. The number of aliphatic hydroxyl groups excluding tert-OH is 1. The van der Waals surface area contributed by atoms with Crippen LogP contribution in [0, 0.1) is 5.92 Å². The fraction of sp³-hybridized carbons (Fsp3) is 0.643. The Balaban J connectivity index is 2.11. The Hall–Kier alpha value is -1.09. The summed E-state index contributed by atoms with van der Waals surface area (Å²) in [5, 5.41) is 9.44. The van der Waals surface area contributed by atoms with Gasteiger partial charge in [0.25, 0.3) is 0 Å². The number of aliphatic hydroxyl groups is 1. The van der Waals surface area contributed by atoms with Crippen LogP contribution < -0.4 is 4.90 Å². The molecule has 2 unspecified atom stereocenters. The molecule has 1 aliphatic heterocycles. The van der Waals surface area contributed by atoms with Crippen molar-refractivity contribution < 1.29 is 5.11 Å². The summed E-state index contributed by atoms with van der Waals surface area (Å²) in [6.07, 6.45) is 3.90. The number of hydrogen-bond acceptors (Lipinski definition) is 3. The van der Waals surface area contributed by atoms with Crippen LogP contribution in [-0.4, -0.2) is 22.7 Å². The SMILES string of the molecule is CC1CCN(c2ccc([C@@H](C)O)nc2)C(C)C1. The van der Waals surface area contributed by atoms with E-state index in [1.54, 1.807) is 6.92 Å². The van der Waals surface area contributed by atoms with Crippen molar-refractivity contribution in [1.29, 1.82) is 0 Å². The first kappa shape index (κ1) is 12.4. The molecule has 0 saturated carbocycles. The van der Waals surface area contributed by atoms with E-state index in [0.717, 1.165) is 18.2 Å². The Bertz CT molecular complexity index is 361. The van der Waals surface area contributed by atoms with Crippen molar-refractivity contribution in [3.63, 3.8) is 0 Å². The Morgan fingerprint density at radius 3 is 2.71 bits per heavy atom. The van der Waals surface area contributed by atoms with Gasteiger partial charge in [-0.05, 0) is 44.7 Å². The summed E-state index contributed by atoms with van der Waals surface area (Å²) in [5.41, 5.74) is 1.92. The molecule has 0 aromatic carbocycles. The molecule has 1 aromatic rings. The molecule has 0 spiro atoms. The van der Waals surface area contributed by atoms with Crippen LogP contribution in [0.3, 0.4) is 0 Å². The van der Waals surface area contributed by atoms with Crippen LogP contribution in [0.15, 0.2) is 18.3 Å². The van der Waals surface area contributed by atoms with E-state index < -0.39 is 6.10 Å². The minimum absolute atomic E-state index is 0.483. The number of piperidine rings is 1. The molecule has 0 amide bonds. The van der Waals surface area contributed by atoms with Crippen LogP contribution in [-0.2, 0) is 0 Å². The van der Waals surface area contributed by atoms with E-state index in [0.29, 0.717) is 6.04 Å². The van der Waals surface area contributed by atoms with Crippen molar-refractivity contribution in [3.8, 4) is 0 Å². The van der Waals surface area contributed by atoms with Crippen LogP contribution >= 0.6 is 0 Å². The van der Waals surface area contributed by atoms with Gasteiger partial charge < -0.3 is 10.0 Å². The molecule has 1 saturated heterocycles. The monoisotopic (exact) mass is 234 g/mol. The summed E-state index contributed by atoms with van der Waals surface area (Å²) in [4.78, 5) is 6.73. The first-order valence-corrected chi connectivity index (χ1v) is 6.48.